The minimum Gasteiger partial charge on any atom is -1.00 e. The van der Waals surface area contributed by atoms with E-state index in [1.807, 2.05) is 0 Å². The fourth-order valence-electron chi connectivity index (χ4n) is 0.784. The van der Waals surface area contributed by atoms with Gasteiger partial charge in [-0.3, -0.25) is 14.4 Å². The molecule has 6 nitrogen and oxygen atoms in total. The van der Waals surface area contributed by atoms with Crippen molar-refractivity contribution in [3.8, 4) is 0 Å². The highest BCUT2D eigenvalue weighted by Crippen LogP contribution is 2.02. The van der Waals surface area contributed by atoms with Gasteiger partial charge >= 0.3 is 5.91 Å². The van der Waals surface area contributed by atoms with Crippen LogP contribution in [0.5, 0.6) is 0 Å². The Morgan fingerprint density at radius 2 is 2.42 bits per heavy atom. The molecule has 1 rings (SSSR count). The molecule has 0 aromatic heterocycles. The van der Waals surface area contributed by atoms with E-state index in [0.29, 0.717) is 0 Å². The first kappa shape index (κ1) is 11.2. The SMILES string of the molecule is NC(=O)CN1OCC([NH3+])C1=O.[Cl-]. The number of carbonyl (C=O) groups excluding carboxylic acids is 2. The summed E-state index contributed by atoms with van der Waals surface area (Å²) in [5, 5.41) is 0.944. The van der Waals surface area contributed by atoms with E-state index in [1.54, 1.807) is 0 Å². The van der Waals surface area contributed by atoms with Gasteiger partial charge in [-0.05, 0) is 0 Å². The molecule has 0 saturated carbocycles. The Bertz CT molecular complexity index is 198. The predicted molar refractivity (Wildman–Crippen MR) is 33.5 cm³/mol. The van der Waals surface area contributed by atoms with Gasteiger partial charge in [0, 0.05) is 0 Å². The van der Waals surface area contributed by atoms with Crippen LogP contribution >= 0.6 is 0 Å². The van der Waals surface area contributed by atoms with E-state index in [4.69, 9.17) is 10.6 Å². The largest absolute Gasteiger partial charge is 1.00 e. The first-order valence-corrected chi connectivity index (χ1v) is 3.17. The van der Waals surface area contributed by atoms with Crippen LogP contribution in [0.25, 0.3) is 0 Å². The quantitative estimate of drug-likeness (QED) is 0.459. The maximum Gasteiger partial charge on any atom is 0.307 e. The van der Waals surface area contributed by atoms with Gasteiger partial charge in [-0.25, -0.2) is 5.06 Å². The zero-order valence-corrected chi connectivity index (χ0v) is 7.08. The molecule has 1 aliphatic rings. The molecule has 0 aliphatic carbocycles. The van der Waals surface area contributed by atoms with Gasteiger partial charge in [0.2, 0.25) is 5.91 Å². The number of quaternary nitrogens is 1. The second-order valence-corrected chi connectivity index (χ2v) is 2.33. The summed E-state index contributed by atoms with van der Waals surface area (Å²) < 4.78 is 0. The van der Waals surface area contributed by atoms with Crippen molar-refractivity contribution in [1.82, 2.24) is 5.06 Å². The second kappa shape index (κ2) is 4.24. The molecule has 1 fully saturated rings. The lowest BCUT2D eigenvalue weighted by Gasteiger charge is -2.09. The molecule has 1 aliphatic heterocycles. The van der Waals surface area contributed by atoms with Crippen LogP contribution < -0.4 is 23.9 Å². The summed E-state index contributed by atoms with van der Waals surface area (Å²) in [6.07, 6.45) is 0. The Morgan fingerprint density at radius 3 is 2.75 bits per heavy atom. The number of carbonyl (C=O) groups is 2. The Kier molecular flexibility index (Phi) is 3.94. The summed E-state index contributed by atoms with van der Waals surface area (Å²) in [6, 6.07) is -0.408. The van der Waals surface area contributed by atoms with Crippen molar-refractivity contribution >= 4 is 11.8 Å². The molecule has 70 valence electrons. The van der Waals surface area contributed by atoms with Gasteiger partial charge in [0.05, 0.1) is 0 Å². The smallest absolute Gasteiger partial charge is 0.307 e. The Balaban J connectivity index is 0.00000121. The molecular weight excluding hydrogens is 186 g/mol. The maximum atomic E-state index is 11.0. The number of hydrogen-bond donors (Lipinski definition) is 2. The number of nitrogens with zero attached hydrogens (tertiary/aromatic N) is 1. The monoisotopic (exact) mass is 195 g/mol. The third-order valence-electron chi connectivity index (χ3n) is 1.33. The number of hydrogen-bond acceptors (Lipinski definition) is 3. The van der Waals surface area contributed by atoms with Crippen LogP contribution in [0.3, 0.4) is 0 Å². The van der Waals surface area contributed by atoms with Gasteiger partial charge < -0.3 is 23.9 Å². The highest BCUT2D eigenvalue weighted by molar-refractivity contribution is 5.86. The van der Waals surface area contributed by atoms with Crippen LogP contribution in [-0.2, 0) is 14.4 Å². The zero-order valence-electron chi connectivity index (χ0n) is 6.33. The van der Waals surface area contributed by atoms with Crippen molar-refractivity contribution in [2.24, 2.45) is 5.73 Å². The zero-order chi connectivity index (χ0) is 8.43. The Morgan fingerprint density at radius 1 is 1.83 bits per heavy atom. The van der Waals surface area contributed by atoms with Gasteiger partial charge in [-0.1, -0.05) is 0 Å². The standard InChI is InChI=1S/C5H9N3O3.ClH/c6-3-2-11-8(5(3)10)1-4(7)9;/h3H,1-2,6H2,(H2,7,9);1H. The van der Waals surface area contributed by atoms with Crippen LogP contribution in [0, 0.1) is 0 Å². The summed E-state index contributed by atoms with van der Waals surface area (Å²) in [5.41, 5.74) is 8.35. The molecule has 0 bridgehead atoms. The predicted octanol–water partition coefficient (Wildman–Crippen LogP) is -6.14. The first-order valence-electron chi connectivity index (χ1n) is 3.17. The van der Waals surface area contributed by atoms with E-state index < -0.39 is 11.9 Å². The molecular formula is C5H10ClN3O3. The van der Waals surface area contributed by atoms with E-state index >= 15 is 0 Å². The number of halogens is 1. The van der Waals surface area contributed by atoms with E-state index in [9.17, 15) is 9.59 Å². The summed E-state index contributed by atoms with van der Waals surface area (Å²) >= 11 is 0. The minimum atomic E-state index is -0.590. The van der Waals surface area contributed by atoms with Gasteiger partial charge in [0.1, 0.15) is 13.2 Å². The third kappa shape index (κ3) is 2.33. The Labute approximate surface area is 75.2 Å². The molecule has 1 saturated heterocycles. The normalized spacial score (nSPS) is 22.2. The van der Waals surface area contributed by atoms with E-state index in [2.05, 4.69) is 5.73 Å². The van der Waals surface area contributed by atoms with Crippen LogP contribution in [0.2, 0.25) is 0 Å². The van der Waals surface area contributed by atoms with Crippen LogP contribution in [0.15, 0.2) is 0 Å². The van der Waals surface area contributed by atoms with E-state index in [1.165, 1.54) is 0 Å². The molecule has 1 unspecified atom stereocenters. The molecule has 0 aromatic rings. The van der Waals surface area contributed by atoms with Crippen molar-refractivity contribution in [3.05, 3.63) is 0 Å². The van der Waals surface area contributed by atoms with Crippen LogP contribution in [-0.4, -0.2) is 36.1 Å². The fraction of sp³-hybridized carbons (Fsp3) is 0.600. The number of rotatable bonds is 2. The molecule has 1 atom stereocenters. The number of nitrogens with two attached hydrogens (primary N) is 1. The van der Waals surface area contributed by atoms with Crippen molar-refractivity contribution < 1.29 is 32.6 Å². The fourth-order valence-corrected chi connectivity index (χ4v) is 0.784. The molecule has 0 spiro atoms. The lowest BCUT2D eigenvalue weighted by Crippen LogP contribution is -3.00. The van der Waals surface area contributed by atoms with Gasteiger partial charge in [0.25, 0.3) is 0 Å². The Hall–Kier alpha value is -0.850. The average molecular weight is 196 g/mol. The van der Waals surface area contributed by atoms with Crippen molar-refractivity contribution in [3.63, 3.8) is 0 Å². The van der Waals surface area contributed by atoms with Gasteiger partial charge in [-0.2, -0.15) is 0 Å². The first-order chi connectivity index (χ1) is 5.11. The third-order valence-corrected chi connectivity index (χ3v) is 1.33. The summed E-state index contributed by atoms with van der Waals surface area (Å²) in [7, 11) is 0. The molecule has 5 N–H and O–H groups in total. The highest BCUT2D eigenvalue weighted by Gasteiger charge is 2.33. The van der Waals surface area contributed by atoms with Gasteiger partial charge in [0.15, 0.2) is 6.04 Å². The molecule has 0 aromatic carbocycles. The van der Waals surface area contributed by atoms with E-state index in [0.717, 1.165) is 5.06 Å². The second-order valence-electron chi connectivity index (χ2n) is 2.33. The summed E-state index contributed by atoms with van der Waals surface area (Å²) in [4.78, 5) is 26.1. The van der Waals surface area contributed by atoms with Crippen molar-refractivity contribution in [2.45, 2.75) is 6.04 Å². The lowest BCUT2D eigenvalue weighted by atomic mass is 10.3. The molecule has 1 heterocycles. The van der Waals surface area contributed by atoms with Gasteiger partial charge in [-0.15, -0.1) is 0 Å². The lowest BCUT2D eigenvalue weighted by molar-refractivity contribution is -0.402. The van der Waals surface area contributed by atoms with Crippen molar-refractivity contribution in [1.29, 1.82) is 0 Å². The van der Waals surface area contributed by atoms with Crippen molar-refractivity contribution in [2.75, 3.05) is 13.2 Å². The molecule has 2 amide bonds. The number of hydroxylamine groups is 2. The molecule has 12 heavy (non-hydrogen) atoms. The molecule has 7 heteroatoms. The van der Waals surface area contributed by atoms with Crippen LogP contribution in [0.1, 0.15) is 0 Å². The number of amides is 2. The molecule has 0 radical (unpaired) electrons. The number of primary amides is 1. The maximum absolute atomic E-state index is 11.0. The average Bonchev–Trinajstić information content (AvgIpc) is 2.18. The summed E-state index contributed by atoms with van der Waals surface area (Å²) in [5.74, 6) is -0.878. The van der Waals surface area contributed by atoms with E-state index in [-0.39, 0.29) is 31.5 Å². The van der Waals surface area contributed by atoms with Crippen LogP contribution in [0.4, 0.5) is 0 Å². The topological polar surface area (TPSA) is 100 Å². The highest BCUT2D eigenvalue weighted by atomic mass is 35.5. The summed E-state index contributed by atoms with van der Waals surface area (Å²) in [6.45, 7) is 0.0387. The minimum absolute atomic E-state index is 0.